The van der Waals surface area contributed by atoms with Crippen LogP contribution < -0.4 is 0 Å². The predicted octanol–water partition coefficient (Wildman–Crippen LogP) is 3.57. The van der Waals surface area contributed by atoms with Gasteiger partial charge in [-0.25, -0.2) is 9.59 Å². The zero-order valence-corrected chi connectivity index (χ0v) is 17.2. The highest BCUT2D eigenvalue weighted by Crippen LogP contribution is 2.52. The number of benzene rings is 1. The summed E-state index contributed by atoms with van der Waals surface area (Å²) in [5.74, 6) is -0.842. The van der Waals surface area contributed by atoms with Gasteiger partial charge in [-0.15, -0.1) is 0 Å². The molecule has 2 heterocycles. The number of aliphatic carboxylic acids is 1. The minimum Gasteiger partial charge on any atom is -0.480 e. The number of ether oxygens (including phenoxy) is 2. The van der Waals surface area contributed by atoms with Crippen LogP contribution in [0.25, 0.3) is 0 Å². The predicted molar refractivity (Wildman–Crippen MR) is 107 cm³/mol. The number of pyridine rings is 1. The van der Waals surface area contributed by atoms with Gasteiger partial charge in [0, 0.05) is 17.2 Å². The second-order valence-corrected chi connectivity index (χ2v) is 8.36. The Labute approximate surface area is 176 Å². The molecule has 0 radical (unpaired) electrons. The third-order valence-corrected chi connectivity index (χ3v) is 6.04. The van der Waals surface area contributed by atoms with E-state index in [-0.39, 0.29) is 18.6 Å². The Morgan fingerprint density at radius 3 is 2.69 bits per heavy atom. The minimum atomic E-state index is -1.05. The Morgan fingerprint density at radius 1 is 1.24 bits per heavy atom. The van der Waals surface area contributed by atoms with E-state index in [1.807, 2.05) is 42.5 Å². The average Bonchev–Trinajstić information content (AvgIpc) is 3.31. The van der Waals surface area contributed by atoms with Crippen molar-refractivity contribution in [3.63, 3.8) is 0 Å². The van der Waals surface area contributed by atoms with Gasteiger partial charge >= 0.3 is 12.1 Å². The summed E-state index contributed by atoms with van der Waals surface area (Å²) >= 11 is 3.37. The summed E-state index contributed by atoms with van der Waals surface area (Å²) in [6, 6.07) is 12.8. The number of hydrogen-bond donors (Lipinski definition) is 1. The lowest BCUT2D eigenvalue weighted by Crippen LogP contribution is -2.53. The number of carboxylic acid groups (broad SMARTS) is 1. The van der Waals surface area contributed by atoms with E-state index in [1.54, 1.807) is 11.1 Å². The first-order valence-corrected chi connectivity index (χ1v) is 10.2. The van der Waals surface area contributed by atoms with Crippen molar-refractivity contribution in [3.05, 3.63) is 64.4 Å². The van der Waals surface area contributed by atoms with Gasteiger partial charge in [0.1, 0.15) is 18.8 Å². The fourth-order valence-corrected chi connectivity index (χ4v) is 4.64. The van der Waals surface area contributed by atoms with Crippen LogP contribution >= 0.6 is 15.9 Å². The maximum atomic E-state index is 12.8. The summed E-state index contributed by atoms with van der Waals surface area (Å²) in [4.78, 5) is 30.2. The average molecular weight is 461 g/mol. The highest BCUT2D eigenvalue weighted by atomic mass is 79.9. The number of carboxylic acids is 1. The number of carbonyl (C=O) groups excluding carboxylic acids is 1. The van der Waals surface area contributed by atoms with Crippen LogP contribution in [-0.2, 0) is 26.5 Å². The molecule has 1 aromatic carbocycles. The van der Waals surface area contributed by atoms with Crippen molar-refractivity contribution in [3.8, 4) is 0 Å². The number of rotatable bonds is 6. The van der Waals surface area contributed by atoms with Gasteiger partial charge in [-0.2, -0.15) is 0 Å². The zero-order chi connectivity index (χ0) is 20.4. The van der Waals surface area contributed by atoms with Gasteiger partial charge in [0.25, 0.3) is 0 Å². The van der Waals surface area contributed by atoms with E-state index in [0.717, 1.165) is 16.5 Å². The molecule has 1 aliphatic heterocycles. The van der Waals surface area contributed by atoms with Crippen molar-refractivity contribution in [2.75, 3.05) is 13.2 Å². The van der Waals surface area contributed by atoms with E-state index in [4.69, 9.17) is 9.47 Å². The summed E-state index contributed by atoms with van der Waals surface area (Å²) in [6.07, 6.45) is 2.60. The Balaban J connectivity index is 1.56. The number of likely N-dealkylation sites (tertiary alicyclic amines) is 1. The summed E-state index contributed by atoms with van der Waals surface area (Å²) in [5.41, 5.74) is 0.594. The number of piperidine rings is 1. The van der Waals surface area contributed by atoms with Gasteiger partial charge in [0.2, 0.25) is 0 Å². The molecule has 4 rings (SSSR count). The first-order chi connectivity index (χ1) is 14.0. The fourth-order valence-electron chi connectivity index (χ4n) is 4.40. The third kappa shape index (κ3) is 4.00. The molecule has 2 fully saturated rings. The van der Waals surface area contributed by atoms with Gasteiger partial charge in [-0.05, 0) is 52.4 Å². The van der Waals surface area contributed by atoms with Crippen molar-refractivity contribution in [1.82, 2.24) is 9.88 Å². The largest absolute Gasteiger partial charge is 0.480 e. The Hall–Kier alpha value is -2.45. The lowest BCUT2D eigenvalue weighted by molar-refractivity contribution is -0.157. The molecule has 1 N–H and O–H groups in total. The molecule has 0 spiro atoms. The van der Waals surface area contributed by atoms with Gasteiger partial charge in [-0.3, -0.25) is 4.98 Å². The molecule has 2 aliphatic rings. The summed E-state index contributed by atoms with van der Waals surface area (Å²) in [7, 11) is 0. The molecular formula is C21H21BrN2O5. The minimum absolute atomic E-state index is 0.188. The normalized spacial score (nSPS) is 25.2. The van der Waals surface area contributed by atoms with Gasteiger partial charge in [0.15, 0.2) is 0 Å². The van der Waals surface area contributed by atoms with Gasteiger partial charge in [0.05, 0.1) is 11.7 Å². The smallest absolute Gasteiger partial charge is 0.410 e. The summed E-state index contributed by atoms with van der Waals surface area (Å²) in [6.45, 7) is 0.313. The van der Waals surface area contributed by atoms with Crippen LogP contribution in [0.4, 0.5) is 4.79 Å². The van der Waals surface area contributed by atoms with E-state index in [2.05, 4.69) is 20.9 Å². The number of aromatic nitrogens is 1. The molecule has 8 heteroatoms. The number of fused-ring (bicyclic) bond motifs is 2. The van der Waals surface area contributed by atoms with Crippen LogP contribution in [0.15, 0.2) is 53.1 Å². The lowest BCUT2D eigenvalue weighted by atomic mass is 9.88. The maximum Gasteiger partial charge on any atom is 0.410 e. The molecule has 2 aromatic rings. The molecule has 2 bridgehead atoms. The molecular weight excluding hydrogens is 440 g/mol. The molecule has 1 aromatic heterocycles. The maximum absolute atomic E-state index is 12.8. The molecule has 1 saturated carbocycles. The van der Waals surface area contributed by atoms with Crippen LogP contribution in [0.3, 0.4) is 0 Å². The van der Waals surface area contributed by atoms with E-state index in [0.29, 0.717) is 18.7 Å². The Bertz CT molecular complexity index is 892. The standard InChI is InChI=1S/C21H21BrN2O5/c22-16-6-7-17(23-10-16)21(29-13-19(25)26)9-15-8-18(21)24(11-15)20(27)28-12-14-4-2-1-3-5-14/h1-7,10,15,18H,8-9,11-13H2,(H,25,26). The van der Waals surface area contributed by atoms with Crippen molar-refractivity contribution in [2.45, 2.75) is 31.1 Å². The van der Waals surface area contributed by atoms with E-state index in [1.165, 1.54) is 0 Å². The van der Waals surface area contributed by atoms with E-state index in [9.17, 15) is 14.7 Å². The third-order valence-electron chi connectivity index (χ3n) is 5.57. The number of hydrogen-bond acceptors (Lipinski definition) is 5. The van der Waals surface area contributed by atoms with Crippen LogP contribution in [0.2, 0.25) is 0 Å². The quantitative estimate of drug-likeness (QED) is 0.708. The molecule has 1 amide bonds. The van der Waals surface area contributed by atoms with E-state index < -0.39 is 24.3 Å². The molecule has 1 saturated heterocycles. The molecule has 3 atom stereocenters. The van der Waals surface area contributed by atoms with Crippen molar-refractivity contribution < 1.29 is 24.2 Å². The van der Waals surface area contributed by atoms with Gasteiger partial charge < -0.3 is 19.5 Å². The summed E-state index contributed by atoms with van der Waals surface area (Å²) in [5, 5.41) is 9.18. The molecule has 3 unspecified atom stereocenters. The highest BCUT2D eigenvalue weighted by molar-refractivity contribution is 9.10. The Morgan fingerprint density at radius 2 is 2.03 bits per heavy atom. The first-order valence-electron chi connectivity index (χ1n) is 9.43. The molecule has 29 heavy (non-hydrogen) atoms. The zero-order valence-electron chi connectivity index (χ0n) is 15.7. The number of nitrogens with zero attached hydrogens (tertiary/aromatic N) is 2. The number of amides is 1. The summed E-state index contributed by atoms with van der Waals surface area (Å²) < 4.78 is 12.3. The van der Waals surface area contributed by atoms with Crippen molar-refractivity contribution in [2.24, 2.45) is 5.92 Å². The Kier molecular flexibility index (Phi) is 5.56. The van der Waals surface area contributed by atoms with Gasteiger partial charge in [-0.1, -0.05) is 30.3 Å². The van der Waals surface area contributed by atoms with Crippen LogP contribution in [-0.4, -0.2) is 46.2 Å². The van der Waals surface area contributed by atoms with Crippen LogP contribution in [0.1, 0.15) is 24.1 Å². The second-order valence-electron chi connectivity index (χ2n) is 7.45. The fraction of sp³-hybridized carbons (Fsp3) is 0.381. The molecule has 152 valence electrons. The number of carbonyl (C=O) groups is 2. The molecule has 7 nitrogen and oxygen atoms in total. The second kappa shape index (κ2) is 8.12. The topological polar surface area (TPSA) is 89.0 Å². The first kappa shape index (κ1) is 19.8. The van der Waals surface area contributed by atoms with Crippen LogP contribution in [0, 0.1) is 5.92 Å². The van der Waals surface area contributed by atoms with Crippen molar-refractivity contribution in [1.29, 1.82) is 0 Å². The SMILES string of the molecule is O=C(O)COC1(c2ccc(Br)cn2)CC2CC1N(C(=O)OCc1ccccc1)C2. The lowest BCUT2D eigenvalue weighted by Gasteiger charge is -2.42. The highest BCUT2D eigenvalue weighted by Gasteiger charge is 2.59. The van der Waals surface area contributed by atoms with Crippen molar-refractivity contribution >= 4 is 28.0 Å². The van der Waals surface area contributed by atoms with E-state index >= 15 is 0 Å². The monoisotopic (exact) mass is 460 g/mol. The number of halogens is 1. The van der Waals surface area contributed by atoms with Crippen LogP contribution in [0.5, 0.6) is 0 Å². The molecule has 1 aliphatic carbocycles.